The maximum absolute atomic E-state index is 10.3. The summed E-state index contributed by atoms with van der Waals surface area (Å²) in [5, 5.41) is 8.43. The molecule has 0 saturated heterocycles. The van der Waals surface area contributed by atoms with Crippen LogP contribution in [-0.4, -0.2) is 11.1 Å². The van der Waals surface area contributed by atoms with E-state index in [9.17, 15) is 4.79 Å². The number of carboxylic acids is 1. The summed E-state index contributed by atoms with van der Waals surface area (Å²) >= 11 is 3.21. The van der Waals surface area contributed by atoms with Gasteiger partial charge in [-0.15, -0.1) is 0 Å². The van der Waals surface area contributed by atoms with Gasteiger partial charge >= 0.3 is 5.97 Å². The fourth-order valence-electron chi connectivity index (χ4n) is 1.40. The highest BCUT2D eigenvalue weighted by Crippen LogP contribution is 2.01. The number of carbonyl (C=O) groups is 1. The molecule has 21 heavy (non-hydrogen) atoms. The molecule has 0 spiro atoms. The van der Waals surface area contributed by atoms with Crippen LogP contribution < -0.4 is 0 Å². The number of rotatable bonds is 9. The fourth-order valence-corrected chi connectivity index (χ4v) is 1.57. The van der Waals surface area contributed by atoms with Crippen molar-refractivity contribution in [1.82, 2.24) is 0 Å². The Bertz CT molecular complexity index is 479. The minimum atomic E-state index is -0.777. The smallest absolute Gasteiger partial charge is 0.303 e. The zero-order chi connectivity index (χ0) is 15.6. The van der Waals surface area contributed by atoms with E-state index in [0.29, 0.717) is 12.8 Å². The van der Waals surface area contributed by atoms with Crippen LogP contribution in [0.4, 0.5) is 0 Å². The van der Waals surface area contributed by atoms with Gasteiger partial charge in [0, 0.05) is 12.8 Å². The zero-order valence-corrected chi connectivity index (χ0v) is 13.7. The van der Waals surface area contributed by atoms with E-state index in [4.69, 9.17) is 5.11 Å². The molecule has 0 saturated carbocycles. The first-order chi connectivity index (χ1) is 10.3. The lowest BCUT2D eigenvalue weighted by Gasteiger charge is -1.91. The van der Waals surface area contributed by atoms with Crippen molar-refractivity contribution in [3.05, 3.63) is 35.4 Å². The molecule has 0 amide bonds. The normalized spacial score (nSPS) is 10.5. The molecule has 0 aliphatic carbocycles. The molecule has 0 aromatic carbocycles. The molecule has 0 radical (unpaired) electrons. The van der Waals surface area contributed by atoms with Crippen LogP contribution in [0.15, 0.2) is 35.4 Å². The Hall–Kier alpha value is -1.71. The number of unbranched alkanes of at least 4 members (excludes halogenated alkanes) is 4. The lowest BCUT2D eigenvalue weighted by atomic mass is 10.2. The SMILES string of the molecule is O=C(O)CCCC#CC#C/C=C/CCCC/C=C/C=C/Br. The van der Waals surface area contributed by atoms with Crippen molar-refractivity contribution in [2.24, 2.45) is 0 Å². The molecule has 0 bridgehead atoms. The van der Waals surface area contributed by atoms with Gasteiger partial charge in [-0.25, -0.2) is 0 Å². The van der Waals surface area contributed by atoms with Crippen LogP contribution in [0.5, 0.6) is 0 Å². The second-order valence-electron chi connectivity index (χ2n) is 4.25. The van der Waals surface area contributed by atoms with Crippen LogP contribution >= 0.6 is 15.9 Å². The molecular weight excluding hydrogens is 328 g/mol. The summed E-state index contributed by atoms with van der Waals surface area (Å²) in [5.74, 6) is 10.4. The van der Waals surface area contributed by atoms with Gasteiger partial charge in [0.1, 0.15) is 0 Å². The number of aliphatic carboxylic acids is 1. The maximum Gasteiger partial charge on any atom is 0.303 e. The van der Waals surface area contributed by atoms with Crippen molar-refractivity contribution in [2.45, 2.75) is 44.9 Å². The third-order valence-electron chi connectivity index (χ3n) is 2.43. The summed E-state index contributed by atoms with van der Waals surface area (Å²) in [7, 11) is 0. The van der Waals surface area contributed by atoms with Crippen molar-refractivity contribution >= 4 is 21.9 Å². The lowest BCUT2D eigenvalue weighted by molar-refractivity contribution is -0.137. The molecule has 0 aromatic heterocycles. The molecular formula is C18H21BrO2. The topological polar surface area (TPSA) is 37.3 Å². The van der Waals surface area contributed by atoms with Gasteiger partial charge in [0.05, 0.1) is 0 Å². The van der Waals surface area contributed by atoms with Gasteiger partial charge in [0.15, 0.2) is 0 Å². The number of hydrogen-bond donors (Lipinski definition) is 1. The predicted octanol–water partition coefficient (Wildman–Crippen LogP) is 4.83. The fraction of sp³-hybridized carbons (Fsp3) is 0.389. The first kappa shape index (κ1) is 19.3. The Labute approximate surface area is 136 Å². The van der Waals surface area contributed by atoms with Crippen molar-refractivity contribution in [3.63, 3.8) is 0 Å². The zero-order valence-electron chi connectivity index (χ0n) is 12.1. The van der Waals surface area contributed by atoms with Crippen molar-refractivity contribution in [2.75, 3.05) is 0 Å². The Morgan fingerprint density at radius 3 is 2.52 bits per heavy atom. The number of allylic oxidation sites excluding steroid dienone is 5. The van der Waals surface area contributed by atoms with E-state index < -0.39 is 5.97 Å². The minimum Gasteiger partial charge on any atom is -0.481 e. The van der Waals surface area contributed by atoms with Gasteiger partial charge in [0.25, 0.3) is 0 Å². The van der Waals surface area contributed by atoms with Gasteiger partial charge in [-0.05, 0) is 55.0 Å². The summed E-state index contributed by atoms with van der Waals surface area (Å²) < 4.78 is 0. The lowest BCUT2D eigenvalue weighted by Crippen LogP contribution is -1.92. The van der Waals surface area contributed by atoms with E-state index in [-0.39, 0.29) is 6.42 Å². The van der Waals surface area contributed by atoms with Crippen molar-refractivity contribution in [3.8, 4) is 23.7 Å². The summed E-state index contributed by atoms with van der Waals surface area (Å²) in [6.07, 6.45) is 15.8. The summed E-state index contributed by atoms with van der Waals surface area (Å²) in [6, 6.07) is 0. The van der Waals surface area contributed by atoms with E-state index in [2.05, 4.69) is 51.8 Å². The van der Waals surface area contributed by atoms with Gasteiger partial charge in [-0.3, -0.25) is 4.79 Å². The Morgan fingerprint density at radius 1 is 1.05 bits per heavy atom. The molecule has 0 aromatic rings. The summed E-state index contributed by atoms with van der Waals surface area (Å²) in [5.41, 5.74) is 0. The monoisotopic (exact) mass is 348 g/mol. The van der Waals surface area contributed by atoms with E-state index in [1.54, 1.807) is 0 Å². The molecule has 112 valence electrons. The van der Waals surface area contributed by atoms with Crippen LogP contribution in [-0.2, 0) is 4.79 Å². The van der Waals surface area contributed by atoms with Gasteiger partial charge in [-0.2, -0.15) is 0 Å². The van der Waals surface area contributed by atoms with E-state index >= 15 is 0 Å². The van der Waals surface area contributed by atoms with Crippen LogP contribution in [0.3, 0.4) is 0 Å². The highest BCUT2D eigenvalue weighted by molar-refractivity contribution is 9.11. The number of hydrogen-bond acceptors (Lipinski definition) is 1. The standard InChI is InChI=1S/C18H21BrO2/c19-17-15-13-11-9-7-5-3-1-2-4-6-8-10-12-14-16-18(20)21/h1-2,11,13,15,17H,3,5,7,9,12,14,16H2,(H,20,21)/b2-1+,13-11+,17-15+. The second-order valence-corrected chi connectivity index (χ2v) is 4.78. The molecule has 0 atom stereocenters. The Morgan fingerprint density at radius 2 is 1.81 bits per heavy atom. The molecule has 0 unspecified atom stereocenters. The number of carboxylic acid groups (broad SMARTS) is 1. The summed E-state index contributed by atoms with van der Waals surface area (Å²) in [6.45, 7) is 0. The van der Waals surface area contributed by atoms with Gasteiger partial charge in [-0.1, -0.05) is 52.1 Å². The van der Waals surface area contributed by atoms with Crippen molar-refractivity contribution in [1.29, 1.82) is 0 Å². The van der Waals surface area contributed by atoms with Crippen LogP contribution in [0, 0.1) is 23.7 Å². The van der Waals surface area contributed by atoms with E-state index in [0.717, 1.165) is 19.3 Å². The van der Waals surface area contributed by atoms with E-state index in [1.165, 1.54) is 6.42 Å². The predicted molar refractivity (Wildman–Crippen MR) is 91.9 cm³/mol. The minimum absolute atomic E-state index is 0.170. The molecule has 1 N–H and O–H groups in total. The molecule has 3 heteroatoms. The Balaban J connectivity index is 3.54. The molecule has 0 aliphatic heterocycles. The molecule has 0 rings (SSSR count). The van der Waals surface area contributed by atoms with E-state index in [1.807, 2.05) is 23.2 Å². The molecule has 0 fully saturated rings. The summed E-state index contributed by atoms with van der Waals surface area (Å²) in [4.78, 5) is 12.1. The Kier molecular flexibility index (Phi) is 15.0. The largest absolute Gasteiger partial charge is 0.481 e. The van der Waals surface area contributed by atoms with Gasteiger partial charge < -0.3 is 5.11 Å². The van der Waals surface area contributed by atoms with Crippen LogP contribution in [0.25, 0.3) is 0 Å². The second kappa shape index (κ2) is 16.3. The average Bonchev–Trinajstić information content (AvgIpc) is 2.46. The van der Waals surface area contributed by atoms with Crippen LogP contribution in [0.1, 0.15) is 44.9 Å². The third-order valence-corrected chi connectivity index (χ3v) is 2.73. The average molecular weight is 349 g/mol. The van der Waals surface area contributed by atoms with Gasteiger partial charge in [0.2, 0.25) is 0 Å². The first-order valence-electron chi connectivity index (χ1n) is 7.04. The molecule has 0 aliphatic rings. The van der Waals surface area contributed by atoms with Crippen LogP contribution in [0.2, 0.25) is 0 Å². The highest BCUT2D eigenvalue weighted by atomic mass is 79.9. The van der Waals surface area contributed by atoms with Crippen molar-refractivity contribution < 1.29 is 9.90 Å². The molecule has 2 nitrogen and oxygen atoms in total. The number of halogens is 1. The maximum atomic E-state index is 10.3. The highest BCUT2D eigenvalue weighted by Gasteiger charge is 1.92. The third kappa shape index (κ3) is 18.3. The molecule has 0 heterocycles. The first-order valence-corrected chi connectivity index (χ1v) is 7.96. The quantitative estimate of drug-likeness (QED) is 0.368.